The Morgan fingerprint density at radius 2 is 2.08 bits per heavy atom. The van der Waals surface area contributed by atoms with Crippen molar-refractivity contribution in [3.05, 3.63) is 33.3 Å². The number of aryl methyl sites for hydroxylation is 3. The van der Waals surface area contributed by atoms with E-state index in [9.17, 15) is 9.59 Å². The molecule has 0 spiro atoms. The van der Waals surface area contributed by atoms with Crippen molar-refractivity contribution in [3.63, 3.8) is 0 Å². The number of hydrogen-bond donors (Lipinski definition) is 1. The first-order valence-corrected chi connectivity index (χ1v) is 9.39. The zero-order valence-electron chi connectivity index (χ0n) is 15.3. The van der Waals surface area contributed by atoms with Gasteiger partial charge in [0.05, 0.1) is 12.1 Å². The summed E-state index contributed by atoms with van der Waals surface area (Å²) in [6.45, 7) is 5.02. The fourth-order valence-corrected chi connectivity index (χ4v) is 3.63. The molecule has 8 nitrogen and oxygen atoms in total. The first-order valence-electron chi connectivity index (χ1n) is 9.39. The average molecular weight is 359 g/mol. The van der Waals surface area contributed by atoms with Crippen molar-refractivity contribution in [2.75, 3.05) is 0 Å². The molecule has 1 N–H and O–H groups in total. The van der Waals surface area contributed by atoms with Gasteiger partial charge in [-0.1, -0.05) is 5.16 Å². The topological polar surface area (TPSA) is 95.0 Å². The zero-order valence-corrected chi connectivity index (χ0v) is 15.3. The molecule has 1 saturated carbocycles. The van der Waals surface area contributed by atoms with Gasteiger partial charge in [0.15, 0.2) is 0 Å². The molecule has 8 heteroatoms. The standard InChI is InChI=1S/C18H25N5O3/c1-11-15(12(2)26-21-11)9-17(24)19-14-5-6-16-20-23(10-13-3-4-13)18(25)22(16)8-7-14/h13-14H,3-10H2,1-2H3,(H,19,24). The molecule has 0 saturated heterocycles. The van der Waals surface area contributed by atoms with Gasteiger partial charge in [0.2, 0.25) is 5.91 Å². The lowest BCUT2D eigenvalue weighted by Gasteiger charge is -2.16. The number of nitrogens with zero attached hydrogens (tertiary/aromatic N) is 4. The zero-order chi connectivity index (χ0) is 18.3. The molecule has 1 unspecified atom stereocenters. The maximum Gasteiger partial charge on any atom is 0.345 e. The van der Waals surface area contributed by atoms with Crippen molar-refractivity contribution < 1.29 is 9.32 Å². The summed E-state index contributed by atoms with van der Waals surface area (Å²) < 4.78 is 8.52. The van der Waals surface area contributed by atoms with Crippen molar-refractivity contribution in [2.24, 2.45) is 5.92 Å². The summed E-state index contributed by atoms with van der Waals surface area (Å²) in [6, 6.07) is 0.0564. The first-order chi connectivity index (χ1) is 12.5. The fraction of sp³-hybridized carbons (Fsp3) is 0.667. The van der Waals surface area contributed by atoms with Gasteiger partial charge in [-0.15, -0.1) is 0 Å². The van der Waals surface area contributed by atoms with Crippen LogP contribution in [0.4, 0.5) is 0 Å². The third-order valence-corrected chi connectivity index (χ3v) is 5.43. The minimum absolute atomic E-state index is 0.00500. The molecule has 2 aromatic heterocycles. The second-order valence-corrected chi connectivity index (χ2v) is 7.55. The molecule has 0 bridgehead atoms. The van der Waals surface area contributed by atoms with Gasteiger partial charge in [-0.05, 0) is 45.4 Å². The number of amides is 1. The summed E-state index contributed by atoms with van der Waals surface area (Å²) in [4.78, 5) is 24.9. The van der Waals surface area contributed by atoms with E-state index in [2.05, 4.69) is 15.6 Å². The Kier molecular flexibility index (Phi) is 4.42. The third kappa shape index (κ3) is 3.45. The van der Waals surface area contributed by atoms with Crippen molar-refractivity contribution in [1.29, 1.82) is 0 Å². The van der Waals surface area contributed by atoms with Crippen LogP contribution < -0.4 is 11.0 Å². The van der Waals surface area contributed by atoms with Crippen LogP contribution in [0.1, 0.15) is 48.5 Å². The van der Waals surface area contributed by atoms with Gasteiger partial charge in [-0.25, -0.2) is 9.48 Å². The second kappa shape index (κ2) is 6.74. The Bertz CT molecular complexity index is 855. The van der Waals surface area contributed by atoms with Crippen LogP contribution in [0.5, 0.6) is 0 Å². The van der Waals surface area contributed by atoms with E-state index in [1.807, 2.05) is 13.8 Å². The van der Waals surface area contributed by atoms with E-state index in [-0.39, 0.29) is 24.1 Å². The molecule has 4 rings (SSSR count). The Morgan fingerprint density at radius 3 is 2.77 bits per heavy atom. The molecule has 1 atom stereocenters. The number of hydrogen-bond acceptors (Lipinski definition) is 5. The molecule has 2 aromatic rings. The molecule has 2 aliphatic rings. The average Bonchev–Trinajstić information content (AvgIpc) is 3.34. The summed E-state index contributed by atoms with van der Waals surface area (Å²) in [5, 5.41) is 11.5. The van der Waals surface area contributed by atoms with E-state index in [0.717, 1.165) is 36.5 Å². The van der Waals surface area contributed by atoms with Crippen LogP contribution in [-0.2, 0) is 30.7 Å². The first kappa shape index (κ1) is 17.1. The summed E-state index contributed by atoms with van der Waals surface area (Å²) in [7, 11) is 0. The Hall–Kier alpha value is -2.38. The van der Waals surface area contributed by atoms with Crippen molar-refractivity contribution in [1.82, 2.24) is 24.8 Å². The number of nitrogens with one attached hydrogen (secondary N) is 1. The molecule has 140 valence electrons. The summed E-state index contributed by atoms with van der Waals surface area (Å²) in [5.74, 6) is 2.13. The quantitative estimate of drug-likeness (QED) is 0.863. The summed E-state index contributed by atoms with van der Waals surface area (Å²) >= 11 is 0. The van der Waals surface area contributed by atoms with Crippen molar-refractivity contribution >= 4 is 5.91 Å². The third-order valence-electron chi connectivity index (χ3n) is 5.43. The maximum atomic E-state index is 12.5. The molecule has 1 aliphatic carbocycles. The molecular weight excluding hydrogens is 334 g/mol. The normalized spacial score (nSPS) is 19.8. The van der Waals surface area contributed by atoms with Gasteiger partial charge in [-0.3, -0.25) is 9.36 Å². The second-order valence-electron chi connectivity index (χ2n) is 7.55. The fourth-order valence-electron chi connectivity index (χ4n) is 3.63. The maximum absolute atomic E-state index is 12.5. The molecular formula is C18H25N5O3. The molecule has 1 aliphatic heterocycles. The van der Waals surface area contributed by atoms with E-state index in [1.165, 1.54) is 12.8 Å². The molecule has 3 heterocycles. The Morgan fingerprint density at radius 1 is 1.27 bits per heavy atom. The Labute approximate surface area is 151 Å². The summed E-state index contributed by atoms with van der Waals surface area (Å²) in [6.07, 6.45) is 4.93. The molecule has 26 heavy (non-hydrogen) atoms. The highest BCUT2D eigenvalue weighted by atomic mass is 16.5. The largest absolute Gasteiger partial charge is 0.361 e. The smallest absolute Gasteiger partial charge is 0.345 e. The van der Waals surface area contributed by atoms with Crippen LogP contribution >= 0.6 is 0 Å². The van der Waals surface area contributed by atoms with Gasteiger partial charge in [0.25, 0.3) is 0 Å². The van der Waals surface area contributed by atoms with Gasteiger partial charge in [0, 0.05) is 31.1 Å². The number of carbonyl (C=O) groups is 1. The van der Waals surface area contributed by atoms with Crippen LogP contribution in [0.2, 0.25) is 0 Å². The van der Waals surface area contributed by atoms with Crippen molar-refractivity contribution in [2.45, 2.75) is 71.5 Å². The highest BCUT2D eigenvalue weighted by Gasteiger charge is 2.26. The predicted molar refractivity (Wildman–Crippen MR) is 93.8 cm³/mol. The van der Waals surface area contributed by atoms with Crippen LogP contribution in [0.15, 0.2) is 9.32 Å². The van der Waals surface area contributed by atoms with Gasteiger partial charge >= 0.3 is 5.69 Å². The van der Waals surface area contributed by atoms with E-state index in [0.29, 0.717) is 24.6 Å². The lowest BCUT2D eigenvalue weighted by Crippen LogP contribution is -2.37. The van der Waals surface area contributed by atoms with E-state index in [1.54, 1.807) is 9.25 Å². The van der Waals surface area contributed by atoms with Crippen LogP contribution in [0, 0.1) is 19.8 Å². The number of aromatic nitrogens is 4. The molecule has 0 radical (unpaired) electrons. The molecule has 1 fully saturated rings. The number of rotatable bonds is 5. The highest BCUT2D eigenvalue weighted by molar-refractivity contribution is 5.79. The number of fused-ring (bicyclic) bond motifs is 1. The van der Waals surface area contributed by atoms with Gasteiger partial charge in [0.1, 0.15) is 11.6 Å². The predicted octanol–water partition coefficient (Wildman–Crippen LogP) is 1.12. The van der Waals surface area contributed by atoms with Crippen LogP contribution in [0.25, 0.3) is 0 Å². The highest BCUT2D eigenvalue weighted by Crippen LogP contribution is 2.30. The minimum Gasteiger partial charge on any atom is -0.361 e. The van der Waals surface area contributed by atoms with E-state index in [4.69, 9.17) is 4.52 Å². The monoisotopic (exact) mass is 359 g/mol. The summed E-state index contributed by atoms with van der Waals surface area (Å²) in [5.41, 5.74) is 1.61. The van der Waals surface area contributed by atoms with E-state index >= 15 is 0 Å². The van der Waals surface area contributed by atoms with Crippen LogP contribution in [0.3, 0.4) is 0 Å². The lowest BCUT2D eigenvalue weighted by molar-refractivity contribution is -0.121. The Balaban J connectivity index is 1.37. The SMILES string of the molecule is Cc1noc(C)c1CC(=O)NC1CCc2nn(CC3CC3)c(=O)n2CC1. The van der Waals surface area contributed by atoms with Gasteiger partial charge in [-0.2, -0.15) is 5.10 Å². The number of carbonyl (C=O) groups excluding carboxylic acids is 1. The van der Waals surface area contributed by atoms with E-state index < -0.39 is 0 Å². The van der Waals surface area contributed by atoms with Crippen LogP contribution in [-0.4, -0.2) is 31.5 Å². The van der Waals surface area contributed by atoms with Crippen molar-refractivity contribution in [3.8, 4) is 0 Å². The van der Waals surface area contributed by atoms with Gasteiger partial charge < -0.3 is 9.84 Å². The molecule has 1 amide bonds. The minimum atomic E-state index is -0.0323. The lowest BCUT2D eigenvalue weighted by atomic mass is 10.1. The molecule has 0 aromatic carbocycles.